The summed E-state index contributed by atoms with van der Waals surface area (Å²) >= 11 is 13.5. The third-order valence-corrected chi connectivity index (χ3v) is 4.49. The van der Waals surface area contributed by atoms with E-state index in [0.29, 0.717) is 5.65 Å². The molecule has 8 heteroatoms. The summed E-state index contributed by atoms with van der Waals surface area (Å²) in [6.45, 7) is 3.96. The summed E-state index contributed by atoms with van der Waals surface area (Å²) in [5.74, 6) is 0.779. The van der Waals surface area contributed by atoms with Crippen molar-refractivity contribution in [1.82, 2.24) is 19.8 Å². The van der Waals surface area contributed by atoms with Gasteiger partial charge in [0.25, 0.3) is 0 Å². The lowest BCUT2D eigenvalue weighted by Gasteiger charge is -2.01. The minimum atomic E-state index is -0.118. The van der Waals surface area contributed by atoms with Crippen LogP contribution in [0.2, 0.25) is 10.0 Å². The van der Waals surface area contributed by atoms with Crippen LogP contribution in [0, 0.1) is 6.92 Å². The Morgan fingerprint density at radius 3 is 2.59 bits per heavy atom. The summed E-state index contributed by atoms with van der Waals surface area (Å²) in [5.41, 5.74) is 2.29. The molecule has 2 heterocycles. The standard InChI is InChI=1S/C14H12Cl2N4OS/c1-3-22-14-18-17-13-9(7(2)19-20(13)14)4-8-5-10(15)12(21)11(16)6-8/h4-6,21H,3H2,1-2H3/b9-4+. The monoisotopic (exact) mass is 354 g/mol. The molecule has 0 aliphatic rings. The summed E-state index contributed by atoms with van der Waals surface area (Å²) in [7, 11) is 0. The molecule has 3 aromatic rings. The van der Waals surface area contributed by atoms with Crippen LogP contribution in [0.25, 0.3) is 11.7 Å². The SMILES string of the molecule is CCSc1nnc2/c(=C/c3cc(Cl)c(O)c(Cl)c3)c(C)nn12. The van der Waals surface area contributed by atoms with E-state index in [9.17, 15) is 5.11 Å². The molecule has 0 bridgehead atoms. The molecule has 0 aliphatic carbocycles. The molecule has 0 atom stereocenters. The van der Waals surface area contributed by atoms with E-state index >= 15 is 0 Å². The fourth-order valence-electron chi connectivity index (χ4n) is 2.11. The maximum absolute atomic E-state index is 9.63. The number of halogens is 2. The van der Waals surface area contributed by atoms with Crippen molar-refractivity contribution in [2.45, 2.75) is 19.0 Å². The summed E-state index contributed by atoms with van der Waals surface area (Å²) in [5, 5.41) is 24.5. The molecule has 5 nitrogen and oxygen atoms in total. The number of aromatic hydroxyl groups is 1. The van der Waals surface area contributed by atoms with Crippen LogP contribution < -0.4 is 5.22 Å². The molecule has 0 spiro atoms. The van der Waals surface area contributed by atoms with Crippen molar-refractivity contribution in [1.29, 1.82) is 0 Å². The van der Waals surface area contributed by atoms with Crippen LogP contribution in [0.15, 0.2) is 17.3 Å². The zero-order valence-electron chi connectivity index (χ0n) is 11.8. The summed E-state index contributed by atoms with van der Waals surface area (Å²) in [6.07, 6.45) is 1.88. The Hall–Kier alpha value is -1.50. The van der Waals surface area contributed by atoms with Crippen LogP contribution in [0.1, 0.15) is 18.2 Å². The number of rotatable bonds is 3. The van der Waals surface area contributed by atoms with E-state index in [0.717, 1.165) is 27.4 Å². The topological polar surface area (TPSA) is 63.3 Å². The lowest BCUT2D eigenvalue weighted by atomic mass is 10.1. The molecule has 114 valence electrons. The van der Waals surface area contributed by atoms with Gasteiger partial charge in [0.1, 0.15) is 0 Å². The molecule has 1 N–H and O–H groups in total. The third kappa shape index (κ3) is 2.62. The van der Waals surface area contributed by atoms with Crippen molar-refractivity contribution in [3.63, 3.8) is 0 Å². The summed E-state index contributed by atoms with van der Waals surface area (Å²) in [4.78, 5) is 0. The first kappa shape index (κ1) is 15.4. The first-order chi connectivity index (χ1) is 10.5. The first-order valence-corrected chi connectivity index (χ1v) is 8.29. The Labute approximate surface area is 140 Å². The molecular formula is C14H12Cl2N4OS. The summed E-state index contributed by atoms with van der Waals surface area (Å²) in [6, 6.07) is 3.29. The molecular weight excluding hydrogens is 343 g/mol. The maximum atomic E-state index is 9.63. The molecule has 22 heavy (non-hydrogen) atoms. The number of phenolic OH excluding ortho intramolecular Hbond substituents is 1. The van der Waals surface area contributed by atoms with E-state index in [1.165, 1.54) is 0 Å². The Balaban J connectivity index is 2.19. The first-order valence-electron chi connectivity index (χ1n) is 6.55. The second-order valence-electron chi connectivity index (χ2n) is 4.63. The van der Waals surface area contributed by atoms with Gasteiger partial charge < -0.3 is 5.11 Å². The largest absolute Gasteiger partial charge is 0.505 e. The van der Waals surface area contributed by atoms with Crippen molar-refractivity contribution in [3.8, 4) is 5.75 Å². The second kappa shape index (κ2) is 5.95. The van der Waals surface area contributed by atoms with Crippen LogP contribution in [0.3, 0.4) is 0 Å². The number of nitrogens with zero attached hydrogens (tertiary/aromatic N) is 4. The summed E-state index contributed by atoms with van der Waals surface area (Å²) < 4.78 is 1.74. The number of hydrogen-bond acceptors (Lipinski definition) is 5. The fraction of sp³-hybridized carbons (Fsp3) is 0.214. The normalized spacial score (nSPS) is 12.5. The molecule has 0 saturated carbocycles. The van der Waals surface area contributed by atoms with Gasteiger partial charge in [-0.25, -0.2) is 0 Å². The molecule has 0 unspecified atom stereocenters. The van der Waals surface area contributed by atoms with Crippen molar-refractivity contribution in [2.24, 2.45) is 0 Å². The minimum absolute atomic E-state index is 0.118. The Kier molecular flexibility index (Phi) is 4.16. The molecule has 0 aliphatic heterocycles. The number of hydrogen-bond donors (Lipinski definition) is 1. The third-order valence-electron chi connectivity index (χ3n) is 3.12. The van der Waals surface area contributed by atoms with Crippen molar-refractivity contribution in [2.75, 3.05) is 5.75 Å². The number of phenols is 1. The zero-order valence-corrected chi connectivity index (χ0v) is 14.2. The van der Waals surface area contributed by atoms with E-state index < -0.39 is 0 Å². The van der Waals surface area contributed by atoms with Gasteiger partial charge in [-0.2, -0.15) is 9.61 Å². The highest BCUT2D eigenvalue weighted by Crippen LogP contribution is 2.32. The highest BCUT2D eigenvalue weighted by molar-refractivity contribution is 7.99. The van der Waals surface area contributed by atoms with Crippen molar-refractivity contribution in [3.05, 3.63) is 38.7 Å². The van der Waals surface area contributed by atoms with Crippen LogP contribution in [0.4, 0.5) is 0 Å². The van der Waals surface area contributed by atoms with E-state index in [2.05, 4.69) is 22.2 Å². The number of thioether (sulfide) groups is 1. The molecule has 0 fully saturated rings. The Morgan fingerprint density at radius 2 is 1.95 bits per heavy atom. The van der Waals surface area contributed by atoms with Gasteiger partial charge in [0.2, 0.25) is 5.16 Å². The fourth-order valence-corrected chi connectivity index (χ4v) is 3.22. The molecule has 0 saturated heterocycles. The van der Waals surface area contributed by atoms with Crippen LogP contribution >= 0.6 is 35.0 Å². The average Bonchev–Trinajstić information content (AvgIpc) is 2.98. The lowest BCUT2D eigenvalue weighted by Crippen LogP contribution is -2.03. The molecule has 0 amide bonds. The number of aryl methyl sites for hydroxylation is 1. The molecule has 1 aromatic carbocycles. The van der Waals surface area contributed by atoms with E-state index in [4.69, 9.17) is 23.2 Å². The average molecular weight is 355 g/mol. The van der Waals surface area contributed by atoms with Gasteiger partial charge in [0, 0.05) is 5.22 Å². The van der Waals surface area contributed by atoms with E-state index in [1.807, 2.05) is 13.0 Å². The number of fused-ring (bicyclic) bond motifs is 1. The Morgan fingerprint density at radius 1 is 1.27 bits per heavy atom. The van der Waals surface area contributed by atoms with Gasteiger partial charge in [0.15, 0.2) is 11.4 Å². The number of aromatic nitrogens is 4. The highest BCUT2D eigenvalue weighted by Gasteiger charge is 2.12. The van der Waals surface area contributed by atoms with Crippen molar-refractivity contribution >= 4 is 46.7 Å². The highest BCUT2D eigenvalue weighted by atomic mass is 35.5. The smallest absolute Gasteiger partial charge is 0.212 e. The van der Waals surface area contributed by atoms with E-state index in [-0.39, 0.29) is 15.8 Å². The predicted octanol–water partition coefficient (Wildman–Crippen LogP) is 3.10. The van der Waals surface area contributed by atoms with E-state index in [1.54, 1.807) is 28.4 Å². The molecule has 0 radical (unpaired) electrons. The van der Waals surface area contributed by atoms with Gasteiger partial charge in [-0.05, 0) is 36.4 Å². The van der Waals surface area contributed by atoms with Gasteiger partial charge in [-0.3, -0.25) is 0 Å². The molecule has 3 rings (SSSR count). The van der Waals surface area contributed by atoms with Crippen LogP contribution in [-0.2, 0) is 0 Å². The van der Waals surface area contributed by atoms with Gasteiger partial charge in [-0.1, -0.05) is 41.9 Å². The lowest BCUT2D eigenvalue weighted by molar-refractivity contribution is 0.476. The molecule has 2 aromatic heterocycles. The van der Waals surface area contributed by atoms with Gasteiger partial charge in [0.05, 0.1) is 15.7 Å². The zero-order chi connectivity index (χ0) is 15.9. The maximum Gasteiger partial charge on any atom is 0.212 e. The van der Waals surface area contributed by atoms with Crippen molar-refractivity contribution < 1.29 is 5.11 Å². The Bertz CT molecular complexity index is 886. The minimum Gasteiger partial charge on any atom is -0.505 e. The quantitative estimate of drug-likeness (QED) is 0.732. The van der Waals surface area contributed by atoms with Gasteiger partial charge in [-0.15, -0.1) is 10.2 Å². The number of benzene rings is 1. The van der Waals surface area contributed by atoms with Gasteiger partial charge >= 0.3 is 0 Å². The predicted molar refractivity (Wildman–Crippen MR) is 88.8 cm³/mol. The second-order valence-corrected chi connectivity index (χ2v) is 6.67. The van der Waals surface area contributed by atoms with Crippen LogP contribution in [-0.4, -0.2) is 30.7 Å². The van der Waals surface area contributed by atoms with Crippen LogP contribution in [0.5, 0.6) is 5.75 Å².